The summed E-state index contributed by atoms with van der Waals surface area (Å²) in [5.41, 5.74) is 1.48. The summed E-state index contributed by atoms with van der Waals surface area (Å²) in [5.74, 6) is 0.470. The van der Waals surface area contributed by atoms with Crippen molar-refractivity contribution >= 4 is 34.5 Å². The van der Waals surface area contributed by atoms with E-state index in [1.165, 1.54) is 19.1 Å². The minimum atomic E-state index is -0.263. The fourth-order valence-corrected chi connectivity index (χ4v) is 4.97. The van der Waals surface area contributed by atoms with Crippen molar-refractivity contribution in [3.8, 4) is 11.5 Å². The number of thiophene rings is 1. The number of amides is 2. The SMILES string of the molecule is COc1cc(NC(=O)c2ccccc2)c(OC)cc1NC(=O)CN1CCCC1c1cccs1. The van der Waals surface area contributed by atoms with Crippen molar-refractivity contribution in [3.05, 3.63) is 70.4 Å². The van der Waals surface area contributed by atoms with Gasteiger partial charge in [-0.15, -0.1) is 11.3 Å². The van der Waals surface area contributed by atoms with Gasteiger partial charge in [-0.25, -0.2) is 0 Å². The molecule has 0 radical (unpaired) electrons. The molecule has 1 atom stereocenters. The number of methoxy groups -OCH3 is 2. The van der Waals surface area contributed by atoms with Crippen LogP contribution < -0.4 is 20.1 Å². The van der Waals surface area contributed by atoms with Gasteiger partial charge in [-0.1, -0.05) is 24.3 Å². The zero-order chi connectivity index (χ0) is 23.2. The predicted molar refractivity (Wildman–Crippen MR) is 130 cm³/mol. The van der Waals surface area contributed by atoms with Gasteiger partial charge >= 0.3 is 0 Å². The van der Waals surface area contributed by atoms with Gasteiger partial charge in [0.05, 0.1) is 32.1 Å². The molecule has 0 spiro atoms. The summed E-state index contributed by atoms with van der Waals surface area (Å²) in [6.45, 7) is 1.18. The van der Waals surface area contributed by atoms with Crippen LogP contribution in [0.4, 0.5) is 11.4 Å². The fraction of sp³-hybridized carbons (Fsp3) is 0.280. The molecule has 172 valence electrons. The van der Waals surface area contributed by atoms with Gasteiger partial charge in [0.25, 0.3) is 5.91 Å². The van der Waals surface area contributed by atoms with Crippen LogP contribution in [0.15, 0.2) is 60.0 Å². The molecule has 0 aliphatic carbocycles. The van der Waals surface area contributed by atoms with Crippen molar-refractivity contribution in [1.29, 1.82) is 0 Å². The quantitative estimate of drug-likeness (QED) is 0.500. The molecule has 7 nitrogen and oxygen atoms in total. The molecule has 33 heavy (non-hydrogen) atoms. The molecule has 1 unspecified atom stereocenters. The van der Waals surface area contributed by atoms with E-state index in [1.54, 1.807) is 47.7 Å². The topological polar surface area (TPSA) is 79.9 Å². The molecular formula is C25H27N3O4S. The van der Waals surface area contributed by atoms with Crippen molar-refractivity contribution in [3.63, 3.8) is 0 Å². The molecular weight excluding hydrogens is 438 g/mol. The van der Waals surface area contributed by atoms with Crippen LogP contribution in [0.2, 0.25) is 0 Å². The number of nitrogens with one attached hydrogen (secondary N) is 2. The van der Waals surface area contributed by atoms with Crippen LogP contribution in [0.5, 0.6) is 11.5 Å². The first-order chi connectivity index (χ1) is 16.1. The Bertz CT molecular complexity index is 1100. The van der Waals surface area contributed by atoms with Crippen LogP contribution in [0.3, 0.4) is 0 Å². The molecule has 2 amide bonds. The molecule has 8 heteroatoms. The molecule has 2 aromatic carbocycles. The molecule has 1 fully saturated rings. The first-order valence-corrected chi connectivity index (χ1v) is 11.7. The van der Waals surface area contributed by atoms with Crippen LogP contribution in [-0.4, -0.2) is 44.0 Å². The van der Waals surface area contributed by atoms with E-state index in [2.05, 4.69) is 27.0 Å². The average Bonchev–Trinajstić information content (AvgIpc) is 3.52. The van der Waals surface area contributed by atoms with Gasteiger partial charge in [0.2, 0.25) is 5.91 Å². The van der Waals surface area contributed by atoms with E-state index in [0.29, 0.717) is 35.0 Å². The van der Waals surface area contributed by atoms with Gasteiger partial charge in [0.1, 0.15) is 11.5 Å². The predicted octanol–water partition coefficient (Wildman–Crippen LogP) is 4.79. The summed E-state index contributed by atoms with van der Waals surface area (Å²) >= 11 is 1.73. The molecule has 3 aromatic rings. The third kappa shape index (κ3) is 5.35. The minimum Gasteiger partial charge on any atom is -0.494 e. The number of anilines is 2. The first kappa shape index (κ1) is 22.8. The summed E-state index contributed by atoms with van der Waals surface area (Å²) in [7, 11) is 3.04. The second kappa shape index (κ2) is 10.5. The summed E-state index contributed by atoms with van der Waals surface area (Å²) in [6.07, 6.45) is 2.13. The maximum Gasteiger partial charge on any atom is 0.255 e. The summed E-state index contributed by atoms with van der Waals surface area (Å²) in [6, 6.07) is 16.7. The Hall–Kier alpha value is -3.36. The Kier molecular flexibility index (Phi) is 7.26. The number of carbonyl (C=O) groups excluding carboxylic acids is 2. The number of hydrogen-bond acceptors (Lipinski definition) is 6. The van der Waals surface area contributed by atoms with E-state index in [1.807, 2.05) is 12.1 Å². The number of carbonyl (C=O) groups is 2. The van der Waals surface area contributed by atoms with Gasteiger partial charge in [0.15, 0.2) is 0 Å². The number of hydrogen-bond donors (Lipinski definition) is 2. The van der Waals surface area contributed by atoms with Crippen molar-refractivity contribution in [1.82, 2.24) is 4.90 Å². The zero-order valence-electron chi connectivity index (χ0n) is 18.7. The standard InChI is InChI=1S/C25H27N3O4S/c1-31-21-15-19(27-25(30)17-8-4-3-5-9-17)22(32-2)14-18(21)26-24(29)16-28-12-6-10-20(28)23-11-7-13-33-23/h3-5,7-9,11,13-15,20H,6,10,12,16H2,1-2H3,(H,26,29)(H,27,30). The van der Waals surface area contributed by atoms with Crippen LogP contribution in [0, 0.1) is 0 Å². The average molecular weight is 466 g/mol. The lowest BCUT2D eigenvalue weighted by Crippen LogP contribution is -2.32. The van der Waals surface area contributed by atoms with E-state index >= 15 is 0 Å². The Morgan fingerprint density at radius 1 is 1.00 bits per heavy atom. The molecule has 2 N–H and O–H groups in total. The second-order valence-electron chi connectivity index (χ2n) is 7.77. The van der Waals surface area contributed by atoms with E-state index in [0.717, 1.165) is 19.4 Å². The summed E-state index contributed by atoms with van der Waals surface area (Å²) in [5, 5.41) is 7.87. The molecule has 0 bridgehead atoms. The summed E-state index contributed by atoms with van der Waals surface area (Å²) < 4.78 is 11.0. The number of nitrogens with zero attached hydrogens (tertiary/aromatic N) is 1. The van der Waals surface area contributed by atoms with Crippen LogP contribution >= 0.6 is 11.3 Å². The highest BCUT2D eigenvalue weighted by molar-refractivity contribution is 7.10. The maximum absolute atomic E-state index is 12.9. The Morgan fingerprint density at radius 2 is 1.70 bits per heavy atom. The molecule has 1 saturated heterocycles. The molecule has 1 aliphatic heterocycles. The van der Waals surface area contributed by atoms with Gasteiger partial charge in [-0.3, -0.25) is 14.5 Å². The lowest BCUT2D eigenvalue weighted by atomic mass is 10.2. The second-order valence-corrected chi connectivity index (χ2v) is 8.74. The molecule has 1 aliphatic rings. The van der Waals surface area contributed by atoms with E-state index in [4.69, 9.17) is 9.47 Å². The smallest absolute Gasteiger partial charge is 0.255 e. The van der Waals surface area contributed by atoms with Crippen molar-refractivity contribution in [2.75, 3.05) is 37.9 Å². The van der Waals surface area contributed by atoms with Gasteiger partial charge in [0, 0.05) is 28.6 Å². The third-order valence-corrected chi connectivity index (χ3v) is 6.64. The van der Waals surface area contributed by atoms with E-state index < -0.39 is 0 Å². The van der Waals surface area contributed by atoms with Crippen LogP contribution in [-0.2, 0) is 4.79 Å². The van der Waals surface area contributed by atoms with Crippen LogP contribution in [0.25, 0.3) is 0 Å². The molecule has 0 saturated carbocycles. The normalized spacial score (nSPS) is 15.8. The Morgan fingerprint density at radius 3 is 2.33 bits per heavy atom. The largest absolute Gasteiger partial charge is 0.494 e. The Labute approximate surface area is 197 Å². The number of benzene rings is 2. The number of ether oxygens (including phenoxy) is 2. The lowest BCUT2D eigenvalue weighted by molar-refractivity contribution is -0.117. The Balaban J connectivity index is 1.48. The third-order valence-electron chi connectivity index (χ3n) is 5.66. The fourth-order valence-electron chi connectivity index (χ4n) is 4.07. The minimum absolute atomic E-state index is 0.125. The van der Waals surface area contributed by atoms with E-state index in [-0.39, 0.29) is 17.9 Å². The summed E-state index contributed by atoms with van der Waals surface area (Å²) in [4.78, 5) is 29.0. The highest BCUT2D eigenvalue weighted by Crippen LogP contribution is 2.37. The number of rotatable bonds is 8. The maximum atomic E-state index is 12.9. The number of likely N-dealkylation sites (tertiary alicyclic amines) is 1. The molecule has 2 heterocycles. The van der Waals surface area contributed by atoms with Crippen LogP contribution in [0.1, 0.15) is 34.1 Å². The van der Waals surface area contributed by atoms with Crippen molar-refractivity contribution in [2.24, 2.45) is 0 Å². The lowest BCUT2D eigenvalue weighted by Gasteiger charge is -2.23. The highest BCUT2D eigenvalue weighted by Gasteiger charge is 2.28. The monoisotopic (exact) mass is 465 g/mol. The molecule has 1 aromatic heterocycles. The zero-order valence-corrected chi connectivity index (χ0v) is 19.5. The van der Waals surface area contributed by atoms with Crippen molar-refractivity contribution in [2.45, 2.75) is 18.9 Å². The molecule has 4 rings (SSSR count). The van der Waals surface area contributed by atoms with E-state index in [9.17, 15) is 9.59 Å². The van der Waals surface area contributed by atoms with Gasteiger partial charge < -0.3 is 20.1 Å². The van der Waals surface area contributed by atoms with Gasteiger partial charge in [-0.2, -0.15) is 0 Å². The highest BCUT2D eigenvalue weighted by atomic mass is 32.1. The first-order valence-electron chi connectivity index (χ1n) is 10.8. The van der Waals surface area contributed by atoms with Crippen molar-refractivity contribution < 1.29 is 19.1 Å². The van der Waals surface area contributed by atoms with Gasteiger partial charge in [-0.05, 0) is 43.0 Å².